The summed E-state index contributed by atoms with van der Waals surface area (Å²) < 4.78 is 39.6. The molecule has 0 saturated carbocycles. The zero-order valence-electron chi connectivity index (χ0n) is 12.2. The zero-order valence-corrected chi connectivity index (χ0v) is 15.3. The number of anilines is 1. The lowest BCUT2D eigenvalue weighted by Gasteiger charge is -2.10. The van der Waals surface area contributed by atoms with Crippen LogP contribution in [0, 0.1) is 5.82 Å². The molecule has 0 aliphatic heterocycles. The van der Waals surface area contributed by atoms with Gasteiger partial charge < -0.3 is 5.32 Å². The Bertz CT molecular complexity index is 814. The molecule has 2 N–H and O–H groups in total. The molecule has 2 rings (SSSR count). The Hall–Kier alpha value is -1.12. The Morgan fingerprint density at radius 3 is 2.33 bits per heavy atom. The highest BCUT2D eigenvalue weighted by molar-refractivity contribution is 7.89. The van der Waals surface area contributed by atoms with Gasteiger partial charge in [-0.1, -0.05) is 34.8 Å². The van der Waals surface area contributed by atoms with E-state index in [1.165, 1.54) is 12.4 Å². The molecule has 2 aromatic rings. The van der Waals surface area contributed by atoms with Gasteiger partial charge in [0.25, 0.3) is 0 Å². The first-order valence-electron chi connectivity index (χ1n) is 6.79. The minimum atomic E-state index is -3.75. The molecule has 5 nitrogen and oxygen atoms in total. The average Bonchev–Trinajstić information content (AvgIpc) is 2.52. The fraction of sp³-hybridized carbons (Fsp3) is 0.214. The third kappa shape index (κ3) is 4.94. The van der Waals surface area contributed by atoms with E-state index >= 15 is 0 Å². The average molecular weight is 413 g/mol. The minimum absolute atomic E-state index is 0.0953. The molecular weight excluding hydrogens is 400 g/mol. The van der Waals surface area contributed by atoms with Crippen LogP contribution in [0.3, 0.4) is 0 Å². The smallest absolute Gasteiger partial charge is 0.240 e. The summed E-state index contributed by atoms with van der Waals surface area (Å²) in [6, 6.07) is 3.22. The highest BCUT2D eigenvalue weighted by atomic mass is 35.5. The minimum Gasteiger partial charge on any atom is -0.382 e. The molecule has 0 spiro atoms. The maximum atomic E-state index is 13.1. The van der Waals surface area contributed by atoms with E-state index in [1.807, 2.05) is 0 Å². The summed E-state index contributed by atoms with van der Waals surface area (Å²) in [7, 11) is -3.75. The first-order valence-corrected chi connectivity index (χ1v) is 9.40. The highest BCUT2D eigenvalue weighted by Gasteiger charge is 2.15. The second kappa shape index (κ2) is 8.31. The van der Waals surface area contributed by atoms with Crippen LogP contribution in [-0.4, -0.2) is 26.5 Å². The van der Waals surface area contributed by atoms with E-state index in [1.54, 1.807) is 0 Å². The van der Waals surface area contributed by atoms with E-state index in [0.717, 1.165) is 18.2 Å². The fourth-order valence-electron chi connectivity index (χ4n) is 1.82. The lowest BCUT2D eigenvalue weighted by atomic mass is 10.3. The van der Waals surface area contributed by atoms with Gasteiger partial charge in [0, 0.05) is 25.5 Å². The normalized spacial score (nSPS) is 11.5. The number of nitrogens with zero attached hydrogens (tertiary/aromatic N) is 1. The molecule has 0 fully saturated rings. The number of benzene rings is 1. The van der Waals surface area contributed by atoms with Gasteiger partial charge in [-0.05, 0) is 24.6 Å². The SMILES string of the molecule is O=S(=O)(NCCCNc1c(Cl)cncc1Cl)c1ccc(F)c(Cl)c1. The first-order chi connectivity index (χ1) is 11.3. The lowest BCUT2D eigenvalue weighted by Crippen LogP contribution is -2.26. The van der Waals surface area contributed by atoms with Crippen LogP contribution >= 0.6 is 34.8 Å². The molecule has 0 unspecified atom stereocenters. The number of hydrogen-bond acceptors (Lipinski definition) is 4. The molecule has 24 heavy (non-hydrogen) atoms. The van der Waals surface area contributed by atoms with Gasteiger partial charge in [0.1, 0.15) is 5.82 Å². The second-order valence-electron chi connectivity index (χ2n) is 4.73. The summed E-state index contributed by atoms with van der Waals surface area (Å²) in [5, 5.41) is 3.52. The Morgan fingerprint density at radius 2 is 1.71 bits per heavy atom. The van der Waals surface area contributed by atoms with Crippen LogP contribution in [0.2, 0.25) is 15.1 Å². The van der Waals surface area contributed by atoms with Crippen LogP contribution in [0.15, 0.2) is 35.5 Å². The fourth-order valence-corrected chi connectivity index (χ4v) is 3.66. The number of hydrogen-bond donors (Lipinski definition) is 2. The summed E-state index contributed by atoms with van der Waals surface area (Å²) in [5.74, 6) is -0.675. The topological polar surface area (TPSA) is 71.1 Å². The lowest BCUT2D eigenvalue weighted by molar-refractivity contribution is 0.579. The number of nitrogens with one attached hydrogen (secondary N) is 2. The Labute approximate surface area is 154 Å². The molecular formula is C14H13Cl3FN3O2S. The molecule has 0 aliphatic rings. The van der Waals surface area contributed by atoms with Gasteiger partial charge in [0.15, 0.2) is 0 Å². The third-order valence-corrected chi connectivity index (χ3v) is 5.32. The van der Waals surface area contributed by atoms with Gasteiger partial charge >= 0.3 is 0 Å². The van der Waals surface area contributed by atoms with Crippen LogP contribution in [-0.2, 0) is 10.0 Å². The van der Waals surface area contributed by atoms with Crippen LogP contribution in [0.5, 0.6) is 0 Å². The molecule has 0 bridgehead atoms. The van der Waals surface area contributed by atoms with Gasteiger partial charge in [-0.25, -0.2) is 17.5 Å². The summed E-state index contributed by atoms with van der Waals surface area (Å²) in [6.45, 7) is 0.612. The molecule has 0 atom stereocenters. The monoisotopic (exact) mass is 411 g/mol. The van der Waals surface area contributed by atoms with Crippen molar-refractivity contribution in [1.82, 2.24) is 9.71 Å². The van der Waals surface area contributed by atoms with Crippen molar-refractivity contribution in [2.24, 2.45) is 0 Å². The predicted molar refractivity (Wildman–Crippen MR) is 94.0 cm³/mol. The Morgan fingerprint density at radius 1 is 1.04 bits per heavy atom. The second-order valence-corrected chi connectivity index (χ2v) is 7.72. The molecule has 130 valence electrons. The molecule has 0 saturated heterocycles. The van der Waals surface area contributed by atoms with Crippen molar-refractivity contribution in [2.75, 3.05) is 18.4 Å². The van der Waals surface area contributed by atoms with Gasteiger partial charge in [-0.3, -0.25) is 4.98 Å². The van der Waals surface area contributed by atoms with Gasteiger partial charge in [0.2, 0.25) is 10.0 Å². The quantitative estimate of drug-likeness (QED) is 0.675. The standard InChI is InChI=1S/C14H13Cl3FN3O2S/c15-10-6-9(2-3-13(10)18)24(22,23)21-5-1-4-20-14-11(16)7-19-8-12(14)17/h2-3,6-8,21H,1,4-5H2,(H,19,20). The van der Waals surface area contributed by atoms with Crippen LogP contribution in [0.25, 0.3) is 0 Å². The van der Waals surface area contributed by atoms with Crippen LogP contribution in [0.4, 0.5) is 10.1 Å². The molecule has 0 radical (unpaired) electrons. The molecule has 1 aromatic carbocycles. The predicted octanol–water partition coefficient (Wildman–Crippen LogP) is 3.96. The number of pyridine rings is 1. The van der Waals surface area contributed by atoms with Crippen molar-refractivity contribution in [3.8, 4) is 0 Å². The van der Waals surface area contributed by atoms with Crippen molar-refractivity contribution in [1.29, 1.82) is 0 Å². The third-order valence-electron chi connectivity index (χ3n) is 3.00. The van der Waals surface area contributed by atoms with E-state index < -0.39 is 15.8 Å². The van der Waals surface area contributed by atoms with Crippen molar-refractivity contribution >= 4 is 50.5 Å². The molecule has 0 aliphatic carbocycles. The molecule has 1 heterocycles. The maximum absolute atomic E-state index is 13.1. The van der Waals surface area contributed by atoms with E-state index in [4.69, 9.17) is 34.8 Å². The van der Waals surface area contributed by atoms with Crippen molar-refractivity contribution in [2.45, 2.75) is 11.3 Å². The number of sulfonamides is 1. The van der Waals surface area contributed by atoms with Gasteiger partial charge in [-0.2, -0.15) is 0 Å². The molecule has 0 amide bonds. The number of rotatable bonds is 7. The highest BCUT2D eigenvalue weighted by Crippen LogP contribution is 2.28. The summed E-state index contributed by atoms with van der Waals surface area (Å²) in [5.41, 5.74) is 0.543. The summed E-state index contributed by atoms with van der Waals surface area (Å²) in [4.78, 5) is 3.74. The van der Waals surface area contributed by atoms with E-state index in [2.05, 4.69) is 15.0 Å². The number of aromatic nitrogens is 1. The summed E-state index contributed by atoms with van der Waals surface area (Å²) >= 11 is 17.5. The van der Waals surface area contributed by atoms with Gasteiger partial charge in [0.05, 0.1) is 25.7 Å². The van der Waals surface area contributed by atoms with E-state index in [-0.39, 0.29) is 16.5 Å². The summed E-state index contributed by atoms with van der Waals surface area (Å²) in [6.07, 6.45) is 3.39. The van der Waals surface area contributed by atoms with E-state index in [0.29, 0.717) is 28.7 Å². The molecule has 10 heteroatoms. The van der Waals surface area contributed by atoms with Crippen molar-refractivity contribution < 1.29 is 12.8 Å². The first kappa shape index (κ1) is 19.2. The largest absolute Gasteiger partial charge is 0.382 e. The maximum Gasteiger partial charge on any atom is 0.240 e. The Balaban J connectivity index is 1.86. The molecule has 1 aromatic heterocycles. The van der Waals surface area contributed by atoms with Gasteiger partial charge in [-0.15, -0.1) is 0 Å². The van der Waals surface area contributed by atoms with Crippen molar-refractivity contribution in [3.63, 3.8) is 0 Å². The van der Waals surface area contributed by atoms with E-state index in [9.17, 15) is 12.8 Å². The van der Waals surface area contributed by atoms with Crippen LogP contribution < -0.4 is 10.0 Å². The van der Waals surface area contributed by atoms with Crippen molar-refractivity contribution in [3.05, 3.63) is 51.5 Å². The van der Waals surface area contributed by atoms with Crippen LogP contribution in [0.1, 0.15) is 6.42 Å². The Kier molecular flexibility index (Phi) is 6.65. The number of halogens is 4. The zero-order chi connectivity index (χ0) is 17.7.